The SMILES string of the molecule is CN1CCN(c2cc(NC3CC3)n3ncc(C=C4NC(=O)NC4=O)c3n2)CC1. The van der Waals surface area contributed by atoms with Gasteiger partial charge in [-0.05, 0) is 26.0 Å². The quantitative estimate of drug-likeness (QED) is 0.513. The van der Waals surface area contributed by atoms with E-state index in [0.717, 1.165) is 50.7 Å². The third-order valence-corrected chi connectivity index (χ3v) is 5.26. The monoisotopic (exact) mass is 382 g/mol. The van der Waals surface area contributed by atoms with E-state index in [2.05, 4.69) is 37.9 Å². The maximum absolute atomic E-state index is 11.9. The fourth-order valence-electron chi connectivity index (χ4n) is 3.44. The summed E-state index contributed by atoms with van der Waals surface area (Å²) in [7, 11) is 2.12. The number of carbonyl (C=O) groups excluding carboxylic acids is 2. The molecule has 0 atom stereocenters. The third kappa shape index (κ3) is 3.15. The second-order valence-corrected chi connectivity index (χ2v) is 7.51. The molecule has 5 rings (SSSR count). The molecule has 3 aliphatic rings. The highest BCUT2D eigenvalue weighted by Crippen LogP contribution is 2.28. The zero-order valence-electron chi connectivity index (χ0n) is 15.6. The van der Waals surface area contributed by atoms with Crippen LogP contribution >= 0.6 is 0 Å². The molecule has 4 heterocycles. The number of rotatable bonds is 4. The number of imide groups is 1. The Morgan fingerprint density at radius 3 is 2.64 bits per heavy atom. The molecule has 146 valence electrons. The molecule has 1 aliphatic carbocycles. The summed E-state index contributed by atoms with van der Waals surface area (Å²) in [5, 5.41) is 12.7. The average Bonchev–Trinajstić information content (AvgIpc) is 3.31. The van der Waals surface area contributed by atoms with Crippen molar-refractivity contribution < 1.29 is 9.59 Å². The number of carbonyl (C=O) groups is 2. The standard InChI is InChI=1S/C18H22N8O2/c1-24-4-6-25(7-5-24)14-9-15(20-12-2-3-12)26-16(22-14)11(10-19-26)8-13-17(27)23-18(28)21-13/h8-10,12,20H,2-7H2,1H3,(H2,21,23,27,28). The van der Waals surface area contributed by atoms with Crippen molar-refractivity contribution in [1.82, 2.24) is 30.1 Å². The van der Waals surface area contributed by atoms with Crippen LogP contribution in [0.3, 0.4) is 0 Å². The van der Waals surface area contributed by atoms with Gasteiger partial charge in [0.1, 0.15) is 17.3 Å². The zero-order valence-corrected chi connectivity index (χ0v) is 15.6. The molecule has 10 nitrogen and oxygen atoms in total. The molecule has 0 aromatic carbocycles. The normalized spacial score (nSPS) is 22.0. The summed E-state index contributed by atoms with van der Waals surface area (Å²) in [6.45, 7) is 3.79. The van der Waals surface area contributed by atoms with E-state index in [-0.39, 0.29) is 5.70 Å². The number of hydrogen-bond acceptors (Lipinski definition) is 7. The number of anilines is 2. The first-order valence-electron chi connectivity index (χ1n) is 9.50. The molecule has 3 fully saturated rings. The molecule has 2 saturated heterocycles. The summed E-state index contributed by atoms with van der Waals surface area (Å²) in [6, 6.07) is 2.00. The zero-order chi connectivity index (χ0) is 19.3. The topological polar surface area (TPSA) is 107 Å². The van der Waals surface area contributed by atoms with E-state index in [0.29, 0.717) is 17.3 Å². The van der Waals surface area contributed by atoms with Gasteiger partial charge >= 0.3 is 6.03 Å². The van der Waals surface area contributed by atoms with Crippen molar-refractivity contribution in [3.05, 3.63) is 23.5 Å². The molecule has 0 bridgehead atoms. The molecule has 2 aromatic rings. The second-order valence-electron chi connectivity index (χ2n) is 7.51. The Hall–Kier alpha value is -3.14. The van der Waals surface area contributed by atoms with Gasteiger partial charge in [0.15, 0.2) is 5.65 Å². The van der Waals surface area contributed by atoms with E-state index in [1.165, 1.54) is 0 Å². The first-order chi connectivity index (χ1) is 13.6. The van der Waals surface area contributed by atoms with Crippen molar-refractivity contribution >= 4 is 35.3 Å². The Morgan fingerprint density at radius 1 is 1.18 bits per heavy atom. The minimum absolute atomic E-state index is 0.198. The van der Waals surface area contributed by atoms with Crippen LogP contribution in [0.15, 0.2) is 18.0 Å². The van der Waals surface area contributed by atoms with Gasteiger partial charge in [-0.15, -0.1) is 0 Å². The smallest absolute Gasteiger partial charge is 0.326 e. The molecule has 0 spiro atoms. The van der Waals surface area contributed by atoms with Gasteiger partial charge in [-0.3, -0.25) is 10.1 Å². The summed E-state index contributed by atoms with van der Waals surface area (Å²) in [4.78, 5) is 32.7. The minimum Gasteiger partial charge on any atom is -0.367 e. The highest BCUT2D eigenvalue weighted by molar-refractivity contribution is 6.14. The summed E-state index contributed by atoms with van der Waals surface area (Å²) in [5.41, 5.74) is 1.53. The van der Waals surface area contributed by atoms with E-state index in [4.69, 9.17) is 4.98 Å². The molecular formula is C18H22N8O2. The number of urea groups is 1. The molecule has 3 amide bonds. The number of nitrogens with one attached hydrogen (secondary N) is 3. The number of hydrogen-bond donors (Lipinski definition) is 3. The van der Waals surface area contributed by atoms with Crippen LogP contribution in [-0.2, 0) is 4.79 Å². The van der Waals surface area contributed by atoms with Crippen molar-refractivity contribution in [3.8, 4) is 0 Å². The Morgan fingerprint density at radius 2 is 1.96 bits per heavy atom. The van der Waals surface area contributed by atoms with E-state index in [1.807, 2.05) is 6.07 Å². The number of piperazine rings is 1. The maximum Gasteiger partial charge on any atom is 0.326 e. The Labute approximate surface area is 161 Å². The van der Waals surface area contributed by atoms with Gasteiger partial charge in [0.25, 0.3) is 5.91 Å². The highest BCUT2D eigenvalue weighted by atomic mass is 16.2. The predicted octanol–water partition coefficient (Wildman–Crippen LogP) is 0.236. The van der Waals surface area contributed by atoms with Crippen LogP contribution in [-0.4, -0.2) is 70.7 Å². The van der Waals surface area contributed by atoms with Gasteiger partial charge in [0.2, 0.25) is 0 Å². The molecule has 10 heteroatoms. The molecule has 0 radical (unpaired) electrons. The molecular weight excluding hydrogens is 360 g/mol. The lowest BCUT2D eigenvalue weighted by atomic mass is 10.2. The lowest BCUT2D eigenvalue weighted by Gasteiger charge is -2.33. The largest absolute Gasteiger partial charge is 0.367 e. The summed E-state index contributed by atoms with van der Waals surface area (Å²) in [6.07, 6.45) is 5.58. The first-order valence-corrected chi connectivity index (χ1v) is 9.50. The molecule has 2 aliphatic heterocycles. The third-order valence-electron chi connectivity index (χ3n) is 5.26. The van der Waals surface area contributed by atoms with Gasteiger partial charge in [0.05, 0.1) is 6.20 Å². The van der Waals surface area contributed by atoms with Crippen molar-refractivity contribution in [2.24, 2.45) is 0 Å². The van der Waals surface area contributed by atoms with Crippen molar-refractivity contribution in [3.63, 3.8) is 0 Å². The van der Waals surface area contributed by atoms with Gasteiger partial charge in [-0.2, -0.15) is 9.61 Å². The Kier molecular flexibility index (Phi) is 3.93. The number of aromatic nitrogens is 3. The molecule has 3 N–H and O–H groups in total. The van der Waals surface area contributed by atoms with Gasteiger partial charge in [-0.25, -0.2) is 9.78 Å². The van der Waals surface area contributed by atoms with Crippen LogP contribution in [0, 0.1) is 0 Å². The summed E-state index contributed by atoms with van der Waals surface area (Å²) in [5.74, 6) is 1.34. The van der Waals surface area contributed by atoms with Crippen molar-refractivity contribution in [2.75, 3.05) is 43.4 Å². The fourth-order valence-corrected chi connectivity index (χ4v) is 3.44. The number of fused-ring (bicyclic) bond motifs is 1. The van der Waals surface area contributed by atoms with Crippen LogP contribution in [0.2, 0.25) is 0 Å². The van der Waals surface area contributed by atoms with Crippen LogP contribution < -0.4 is 20.9 Å². The summed E-state index contributed by atoms with van der Waals surface area (Å²) < 4.78 is 1.76. The Balaban J connectivity index is 1.56. The summed E-state index contributed by atoms with van der Waals surface area (Å²) >= 11 is 0. The fraction of sp³-hybridized carbons (Fsp3) is 0.444. The molecule has 2 aromatic heterocycles. The van der Waals surface area contributed by atoms with Gasteiger partial charge in [0, 0.05) is 43.9 Å². The van der Waals surface area contributed by atoms with E-state index in [9.17, 15) is 9.59 Å². The maximum atomic E-state index is 11.9. The van der Waals surface area contributed by atoms with Crippen molar-refractivity contribution in [2.45, 2.75) is 18.9 Å². The number of amides is 3. The molecule has 1 saturated carbocycles. The van der Waals surface area contributed by atoms with Crippen molar-refractivity contribution in [1.29, 1.82) is 0 Å². The van der Waals surface area contributed by atoms with Crippen LogP contribution in [0.25, 0.3) is 11.7 Å². The van der Waals surface area contributed by atoms with Gasteiger partial charge < -0.3 is 20.4 Å². The Bertz CT molecular complexity index is 985. The minimum atomic E-state index is -0.519. The predicted molar refractivity (Wildman–Crippen MR) is 104 cm³/mol. The van der Waals surface area contributed by atoms with Crippen LogP contribution in [0.4, 0.5) is 16.4 Å². The van der Waals surface area contributed by atoms with E-state index >= 15 is 0 Å². The van der Waals surface area contributed by atoms with E-state index in [1.54, 1.807) is 16.8 Å². The lowest BCUT2D eigenvalue weighted by molar-refractivity contribution is -0.115. The number of nitrogens with zero attached hydrogens (tertiary/aromatic N) is 5. The van der Waals surface area contributed by atoms with E-state index < -0.39 is 11.9 Å². The van der Waals surface area contributed by atoms with Gasteiger partial charge in [-0.1, -0.05) is 0 Å². The molecule has 0 unspecified atom stereocenters. The van der Waals surface area contributed by atoms with Crippen LogP contribution in [0.5, 0.6) is 0 Å². The first kappa shape index (κ1) is 17.0. The average molecular weight is 382 g/mol. The lowest BCUT2D eigenvalue weighted by Crippen LogP contribution is -2.44. The number of likely N-dealkylation sites (N-methyl/N-ethyl adjacent to an activating group) is 1. The highest BCUT2D eigenvalue weighted by Gasteiger charge is 2.26. The second kappa shape index (κ2) is 6.48. The van der Waals surface area contributed by atoms with Crippen LogP contribution in [0.1, 0.15) is 18.4 Å². The molecule has 28 heavy (non-hydrogen) atoms.